The third-order valence-electron chi connectivity index (χ3n) is 15.4. The third-order valence-corrected chi connectivity index (χ3v) is 15.9. The summed E-state index contributed by atoms with van der Waals surface area (Å²) in [4.78, 5) is 27.3. The van der Waals surface area contributed by atoms with Crippen LogP contribution >= 0.6 is 15.9 Å². The summed E-state index contributed by atoms with van der Waals surface area (Å²) in [5, 5.41) is 33.5. The van der Waals surface area contributed by atoms with Crippen LogP contribution in [0.25, 0.3) is 17.8 Å². The van der Waals surface area contributed by atoms with Crippen molar-refractivity contribution in [2.24, 2.45) is 0 Å². The van der Waals surface area contributed by atoms with Gasteiger partial charge in [0.15, 0.2) is 0 Å². The molecule has 0 amide bonds. The Morgan fingerprint density at radius 1 is 0.494 bits per heavy atom. The van der Waals surface area contributed by atoms with E-state index in [1.54, 1.807) is 34.1 Å². The second-order valence-electron chi connectivity index (χ2n) is 22.3. The van der Waals surface area contributed by atoms with Crippen LogP contribution in [0.5, 0.6) is 0 Å². The lowest BCUT2D eigenvalue weighted by atomic mass is 9.92. The molecule has 79 heavy (non-hydrogen) atoms. The van der Waals surface area contributed by atoms with Gasteiger partial charge in [0, 0.05) is 118 Å². The van der Waals surface area contributed by atoms with Gasteiger partial charge in [-0.05, 0) is 116 Å². The van der Waals surface area contributed by atoms with E-state index in [0.717, 1.165) is 41.3 Å². The summed E-state index contributed by atoms with van der Waals surface area (Å²) in [5.74, 6) is -2.83. The zero-order chi connectivity index (χ0) is 55.6. The van der Waals surface area contributed by atoms with Gasteiger partial charge in [0.1, 0.15) is 17.5 Å². The van der Waals surface area contributed by atoms with E-state index in [1.165, 1.54) is 25.7 Å². The van der Waals surface area contributed by atoms with Crippen molar-refractivity contribution in [2.45, 2.75) is 207 Å². The number of ether oxygens (including phenoxy) is 1. The van der Waals surface area contributed by atoms with Gasteiger partial charge in [0.25, 0.3) is 17.8 Å². The number of anilines is 3. The standard InChI is InChI=1S/C19H25F2N5O.C18H22BrF2N5.C18H23F2N5O/c1-12(27-2)16-11-17(22-14-5-8-19(20,21)9-6-14)24-18(23-16)26-10-7-15(25-26)13-3-4-13;1-11(19)15-10-16(22-13-4-7-18(20,21)8-5-13)24-17(23-15)26-9-6-14(25-26)12-2-3-12;1-11(26)15-10-16(21-13-4-7-18(19,20)8-5-13)23-17(22-15)25-9-6-14(24-25)12-2-3-12/h7,10-14H,3-6,8-9H2,1-2H3,(H,22,23,24);6,9-13H,2-5,7-8H2,1H3,(H,22,23,24);6,9-13,26H,2-5,7-8H2,1H3,(H,21,22,23). The Kier molecular flexibility index (Phi) is 17.0. The van der Waals surface area contributed by atoms with E-state index in [2.05, 4.69) is 77.1 Å². The van der Waals surface area contributed by atoms with Crippen molar-refractivity contribution in [3.8, 4) is 17.8 Å². The monoisotopic (exact) mass is 1170 g/mol. The molecular formula is C55H70BrF6N15O2. The van der Waals surface area contributed by atoms with Crippen molar-refractivity contribution in [2.75, 3.05) is 23.1 Å². The zero-order valence-electron chi connectivity index (χ0n) is 45.0. The molecule has 3 unspecified atom stereocenters. The number of aromatic nitrogens is 12. The van der Waals surface area contributed by atoms with Crippen LogP contribution in [-0.4, -0.2) is 107 Å². The molecule has 6 aliphatic carbocycles. The second-order valence-corrected chi connectivity index (χ2v) is 23.7. The van der Waals surface area contributed by atoms with E-state index in [1.807, 2.05) is 62.8 Å². The van der Waals surface area contributed by atoms with Crippen LogP contribution in [0.2, 0.25) is 0 Å². The highest BCUT2D eigenvalue weighted by Crippen LogP contribution is 2.42. The first-order valence-corrected chi connectivity index (χ1v) is 28.8. The van der Waals surface area contributed by atoms with E-state index >= 15 is 0 Å². The molecule has 0 radical (unpaired) electrons. The van der Waals surface area contributed by atoms with Crippen molar-refractivity contribution in [3.63, 3.8) is 0 Å². The molecule has 3 atom stereocenters. The number of hydrogen-bond acceptors (Lipinski definition) is 14. The van der Waals surface area contributed by atoms with Crippen molar-refractivity contribution >= 4 is 33.4 Å². The number of halogens is 7. The van der Waals surface area contributed by atoms with Crippen molar-refractivity contribution in [3.05, 3.63) is 89.2 Å². The first-order valence-electron chi connectivity index (χ1n) is 27.9. The summed E-state index contributed by atoms with van der Waals surface area (Å²) >= 11 is 3.56. The highest BCUT2D eigenvalue weighted by atomic mass is 79.9. The molecule has 6 heterocycles. The summed E-state index contributed by atoms with van der Waals surface area (Å²) in [6, 6.07) is 11.3. The van der Waals surface area contributed by atoms with Gasteiger partial charge in [-0.1, -0.05) is 15.9 Å². The predicted octanol–water partition coefficient (Wildman–Crippen LogP) is 12.8. The molecular weight excluding hydrogens is 1100 g/mol. The lowest BCUT2D eigenvalue weighted by Crippen LogP contribution is -2.32. The van der Waals surface area contributed by atoms with Crippen molar-refractivity contribution in [1.82, 2.24) is 59.2 Å². The Morgan fingerprint density at radius 2 is 0.797 bits per heavy atom. The van der Waals surface area contributed by atoms with Gasteiger partial charge >= 0.3 is 0 Å². The topological polar surface area (TPSA) is 196 Å². The Hall–Kier alpha value is -5.75. The predicted molar refractivity (Wildman–Crippen MR) is 289 cm³/mol. The molecule has 0 saturated heterocycles. The summed E-state index contributed by atoms with van der Waals surface area (Å²) in [6.07, 6.45) is 13.6. The number of nitrogens with one attached hydrogen (secondary N) is 3. The van der Waals surface area contributed by atoms with E-state index < -0.39 is 23.9 Å². The molecule has 24 heteroatoms. The smallest absolute Gasteiger partial charge is 0.252 e. The summed E-state index contributed by atoms with van der Waals surface area (Å²) in [5.41, 5.74) is 5.21. The van der Waals surface area contributed by atoms with Gasteiger partial charge in [-0.15, -0.1) is 0 Å². The Balaban J connectivity index is 0.000000134. The average Bonchev–Trinajstić information content (AvgIpc) is 4.44. The van der Waals surface area contributed by atoms with E-state index in [-0.39, 0.29) is 67.6 Å². The quantitative estimate of drug-likeness (QED) is 0.0527. The number of aliphatic hydroxyl groups excluding tert-OH is 1. The van der Waals surface area contributed by atoms with Gasteiger partial charge in [0.05, 0.1) is 51.2 Å². The van der Waals surface area contributed by atoms with Gasteiger partial charge in [-0.2, -0.15) is 30.2 Å². The van der Waals surface area contributed by atoms with E-state index in [4.69, 9.17) is 4.74 Å². The van der Waals surface area contributed by atoms with E-state index in [9.17, 15) is 31.4 Å². The minimum Gasteiger partial charge on any atom is -0.387 e. The van der Waals surface area contributed by atoms with Gasteiger partial charge in [-0.25, -0.2) is 55.3 Å². The van der Waals surface area contributed by atoms with Crippen LogP contribution in [0.1, 0.15) is 205 Å². The maximum Gasteiger partial charge on any atom is 0.252 e. The number of aliphatic hydroxyl groups is 1. The molecule has 17 nitrogen and oxygen atoms in total. The number of nitrogens with zero attached hydrogens (tertiary/aromatic N) is 12. The highest BCUT2D eigenvalue weighted by Gasteiger charge is 2.38. The fraction of sp³-hybridized carbons (Fsp3) is 0.618. The Bertz CT molecular complexity index is 2850. The second kappa shape index (κ2) is 23.8. The van der Waals surface area contributed by atoms with Crippen LogP contribution in [0.15, 0.2) is 55.0 Å². The average molecular weight is 1170 g/mol. The zero-order valence-corrected chi connectivity index (χ0v) is 46.6. The largest absolute Gasteiger partial charge is 0.387 e. The SMILES string of the molecule is CC(Br)c1cc(NC2CCC(F)(F)CC2)nc(-n2ccc(C3CC3)n2)n1.CC(O)c1cc(NC2CCC(F)(F)CC2)nc(-n2ccc(C3CC3)n2)n1.COC(C)c1cc(NC2CCC(F)(F)CC2)nc(-n2ccc(C3CC3)n2)n1. The fourth-order valence-electron chi connectivity index (χ4n) is 9.95. The number of methoxy groups -OCH3 is 1. The molecule has 426 valence electrons. The van der Waals surface area contributed by atoms with Crippen LogP contribution < -0.4 is 16.0 Å². The van der Waals surface area contributed by atoms with Crippen LogP contribution in [0, 0.1) is 0 Å². The minimum atomic E-state index is -2.56. The molecule has 6 saturated carbocycles. The molecule has 0 spiro atoms. The number of hydrogen-bond donors (Lipinski definition) is 4. The van der Waals surface area contributed by atoms with Gasteiger partial charge in [0.2, 0.25) is 17.8 Å². The fourth-order valence-corrected chi connectivity index (χ4v) is 10.2. The molecule has 6 aliphatic rings. The Labute approximate surface area is 464 Å². The van der Waals surface area contributed by atoms with Crippen LogP contribution in [0.3, 0.4) is 0 Å². The van der Waals surface area contributed by atoms with Crippen molar-refractivity contribution < 1.29 is 36.2 Å². The molecule has 4 N–H and O–H groups in total. The molecule has 0 bridgehead atoms. The van der Waals surface area contributed by atoms with E-state index in [0.29, 0.717) is 97.3 Å². The van der Waals surface area contributed by atoms with Crippen LogP contribution in [0.4, 0.5) is 43.8 Å². The number of alkyl halides is 7. The van der Waals surface area contributed by atoms with Gasteiger partial charge in [-0.3, -0.25) is 0 Å². The number of rotatable bonds is 16. The maximum atomic E-state index is 13.4. The molecule has 0 aliphatic heterocycles. The first-order chi connectivity index (χ1) is 37.7. The summed E-state index contributed by atoms with van der Waals surface area (Å²) in [7, 11) is 1.63. The maximum absolute atomic E-state index is 13.4. The van der Waals surface area contributed by atoms with Crippen LogP contribution in [-0.2, 0) is 4.74 Å². The highest BCUT2D eigenvalue weighted by molar-refractivity contribution is 9.09. The molecule has 0 aromatic carbocycles. The normalized spacial score (nSPS) is 21.4. The molecule has 6 fully saturated rings. The third kappa shape index (κ3) is 15.4. The molecule has 6 aromatic rings. The lowest BCUT2D eigenvalue weighted by Gasteiger charge is -2.29. The molecule has 6 aromatic heterocycles. The lowest BCUT2D eigenvalue weighted by molar-refractivity contribution is -0.0366. The molecule has 12 rings (SSSR count). The summed E-state index contributed by atoms with van der Waals surface area (Å²) < 4.78 is 90.7. The van der Waals surface area contributed by atoms with Crippen molar-refractivity contribution in [1.29, 1.82) is 0 Å². The Morgan fingerprint density at radius 3 is 1.10 bits per heavy atom. The first kappa shape index (κ1) is 56.5. The minimum absolute atomic E-state index is 0.00973. The van der Waals surface area contributed by atoms with Gasteiger partial charge < -0.3 is 25.8 Å². The summed E-state index contributed by atoms with van der Waals surface area (Å²) in [6.45, 7) is 5.54.